The Balaban J connectivity index is 1.71. The molecule has 1 aromatic heterocycles. The second kappa shape index (κ2) is 7.23. The molecule has 1 N–H and O–H groups in total. The molecule has 1 atom stereocenters. The number of hydrogen-bond donors (Lipinski definition) is 1. The fourth-order valence-electron chi connectivity index (χ4n) is 1.96. The number of thioether (sulfide) groups is 1. The molecule has 1 amide bonds. The molecular weight excluding hydrogens is 391 g/mol. The SMILES string of the molecule is CC(Sc1nc2ccccc2o1)C(=O)Nc1cc(Cl)c(Cl)cc1Cl. The molecule has 0 spiro atoms. The van der Waals surface area contributed by atoms with Crippen LogP contribution < -0.4 is 5.32 Å². The van der Waals surface area contributed by atoms with Gasteiger partial charge in [-0.2, -0.15) is 0 Å². The van der Waals surface area contributed by atoms with Crippen molar-refractivity contribution in [3.05, 3.63) is 51.5 Å². The summed E-state index contributed by atoms with van der Waals surface area (Å²) in [6.07, 6.45) is 0. The number of halogens is 3. The van der Waals surface area contributed by atoms with E-state index >= 15 is 0 Å². The fourth-order valence-corrected chi connectivity index (χ4v) is 3.31. The number of rotatable bonds is 4. The molecule has 24 heavy (non-hydrogen) atoms. The Morgan fingerprint density at radius 3 is 2.62 bits per heavy atom. The first-order chi connectivity index (χ1) is 11.4. The van der Waals surface area contributed by atoms with Crippen molar-refractivity contribution in [1.82, 2.24) is 4.98 Å². The van der Waals surface area contributed by atoms with Gasteiger partial charge in [-0.3, -0.25) is 4.79 Å². The zero-order chi connectivity index (χ0) is 17.3. The van der Waals surface area contributed by atoms with E-state index in [4.69, 9.17) is 39.2 Å². The lowest BCUT2D eigenvalue weighted by molar-refractivity contribution is -0.115. The molecule has 0 bridgehead atoms. The molecule has 0 saturated carbocycles. The molecular formula is C16H11Cl3N2O2S. The highest BCUT2D eigenvalue weighted by molar-refractivity contribution is 8.00. The first-order valence-corrected chi connectivity index (χ1v) is 8.93. The quantitative estimate of drug-likeness (QED) is 0.436. The van der Waals surface area contributed by atoms with Gasteiger partial charge in [-0.25, -0.2) is 4.98 Å². The van der Waals surface area contributed by atoms with E-state index in [2.05, 4.69) is 10.3 Å². The minimum absolute atomic E-state index is 0.248. The molecule has 0 aliphatic rings. The van der Waals surface area contributed by atoms with Crippen molar-refractivity contribution >= 4 is 69.3 Å². The molecule has 124 valence electrons. The van der Waals surface area contributed by atoms with E-state index in [9.17, 15) is 4.79 Å². The average molecular weight is 402 g/mol. The van der Waals surface area contributed by atoms with E-state index in [1.165, 1.54) is 23.9 Å². The lowest BCUT2D eigenvalue weighted by atomic mass is 10.3. The number of para-hydroxylation sites is 2. The molecule has 4 nitrogen and oxygen atoms in total. The molecule has 2 aromatic carbocycles. The smallest absolute Gasteiger partial charge is 0.257 e. The maximum atomic E-state index is 12.3. The maximum Gasteiger partial charge on any atom is 0.257 e. The largest absolute Gasteiger partial charge is 0.431 e. The minimum Gasteiger partial charge on any atom is -0.431 e. The Hall–Kier alpha value is -1.40. The summed E-state index contributed by atoms with van der Waals surface area (Å²) in [5, 5.41) is 3.68. The van der Waals surface area contributed by atoms with Crippen LogP contribution in [0.25, 0.3) is 11.1 Å². The number of benzene rings is 2. The Labute approximate surface area is 157 Å². The number of aromatic nitrogens is 1. The van der Waals surface area contributed by atoms with E-state index < -0.39 is 5.25 Å². The third kappa shape index (κ3) is 3.81. The molecule has 3 aromatic rings. The van der Waals surface area contributed by atoms with Crippen LogP contribution in [0.5, 0.6) is 0 Å². The molecule has 0 aliphatic heterocycles. The Morgan fingerprint density at radius 1 is 1.17 bits per heavy atom. The van der Waals surface area contributed by atoms with Crippen molar-refractivity contribution in [3.8, 4) is 0 Å². The highest BCUT2D eigenvalue weighted by Crippen LogP contribution is 2.33. The normalized spacial score (nSPS) is 12.3. The van der Waals surface area contributed by atoms with Gasteiger partial charge in [-0.15, -0.1) is 0 Å². The summed E-state index contributed by atoms with van der Waals surface area (Å²) in [4.78, 5) is 16.7. The molecule has 0 aliphatic carbocycles. The van der Waals surface area contributed by atoms with Crippen LogP contribution in [-0.4, -0.2) is 16.1 Å². The number of hydrogen-bond acceptors (Lipinski definition) is 4. The number of fused-ring (bicyclic) bond motifs is 1. The summed E-state index contributed by atoms with van der Waals surface area (Å²) >= 11 is 19.1. The highest BCUT2D eigenvalue weighted by Gasteiger charge is 2.19. The van der Waals surface area contributed by atoms with Crippen molar-refractivity contribution < 1.29 is 9.21 Å². The predicted octanol–water partition coefficient (Wildman–Crippen LogP) is 5.91. The number of carbonyl (C=O) groups excluding carboxylic acids is 1. The average Bonchev–Trinajstić information content (AvgIpc) is 2.94. The fraction of sp³-hybridized carbons (Fsp3) is 0.125. The zero-order valence-corrected chi connectivity index (χ0v) is 15.4. The second-order valence-corrected chi connectivity index (χ2v) is 7.46. The van der Waals surface area contributed by atoms with Crippen molar-refractivity contribution in [1.29, 1.82) is 0 Å². The molecule has 1 unspecified atom stereocenters. The molecule has 0 radical (unpaired) electrons. The predicted molar refractivity (Wildman–Crippen MR) is 99.4 cm³/mol. The number of nitrogens with one attached hydrogen (secondary N) is 1. The van der Waals surface area contributed by atoms with Crippen LogP contribution in [0.1, 0.15) is 6.92 Å². The monoisotopic (exact) mass is 400 g/mol. The van der Waals surface area contributed by atoms with Gasteiger partial charge in [0, 0.05) is 0 Å². The number of oxazole rings is 1. The van der Waals surface area contributed by atoms with Crippen LogP contribution in [0.15, 0.2) is 46.0 Å². The van der Waals surface area contributed by atoms with Gasteiger partial charge in [-0.1, -0.05) is 58.7 Å². The summed E-state index contributed by atoms with van der Waals surface area (Å²) in [5.41, 5.74) is 1.83. The van der Waals surface area contributed by atoms with Crippen molar-refractivity contribution in [2.75, 3.05) is 5.32 Å². The highest BCUT2D eigenvalue weighted by atomic mass is 35.5. The summed E-state index contributed by atoms with van der Waals surface area (Å²) in [5.74, 6) is -0.248. The summed E-state index contributed by atoms with van der Waals surface area (Å²) in [6.45, 7) is 1.75. The van der Waals surface area contributed by atoms with Crippen LogP contribution in [0, 0.1) is 0 Å². The summed E-state index contributed by atoms with van der Waals surface area (Å²) in [6, 6.07) is 10.4. The molecule has 8 heteroatoms. The summed E-state index contributed by atoms with van der Waals surface area (Å²) < 4.78 is 5.60. The lowest BCUT2D eigenvalue weighted by Gasteiger charge is -2.12. The van der Waals surface area contributed by atoms with Gasteiger partial charge in [-0.05, 0) is 31.2 Å². The standard InChI is InChI=1S/C16H11Cl3N2O2S/c1-8(24-16-21-12-4-2-3-5-14(12)23-16)15(22)20-13-7-10(18)9(17)6-11(13)19/h2-8H,1H3,(H,20,22). The molecule has 3 rings (SSSR count). The van der Waals surface area contributed by atoms with Gasteiger partial charge >= 0.3 is 0 Å². The van der Waals surface area contributed by atoms with Gasteiger partial charge < -0.3 is 9.73 Å². The maximum absolute atomic E-state index is 12.3. The van der Waals surface area contributed by atoms with Crippen molar-refractivity contribution in [2.45, 2.75) is 17.4 Å². The van der Waals surface area contributed by atoms with Crippen LogP contribution in [0.4, 0.5) is 5.69 Å². The van der Waals surface area contributed by atoms with Gasteiger partial charge in [0.05, 0.1) is 26.0 Å². The first-order valence-electron chi connectivity index (χ1n) is 6.91. The van der Waals surface area contributed by atoms with Crippen LogP contribution in [0.3, 0.4) is 0 Å². The van der Waals surface area contributed by atoms with E-state index in [-0.39, 0.29) is 5.91 Å². The van der Waals surface area contributed by atoms with Gasteiger partial charge in [0.1, 0.15) is 5.52 Å². The van der Waals surface area contributed by atoms with E-state index in [0.717, 1.165) is 5.52 Å². The molecule has 1 heterocycles. The number of anilines is 1. The van der Waals surface area contributed by atoms with E-state index in [1.807, 2.05) is 24.3 Å². The number of nitrogens with zero attached hydrogens (tertiary/aromatic N) is 1. The van der Waals surface area contributed by atoms with Gasteiger partial charge in [0.25, 0.3) is 5.22 Å². The molecule has 0 fully saturated rings. The van der Waals surface area contributed by atoms with E-state index in [1.54, 1.807) is 6.92 Å². The zero-order valence-electron chi connectivity index (χ0n) is 12.3. The van der Waals surface area contributed by atoms with Crippen LogP contribution >= 0.6 is 46.6 Å². The van der Waals surface area contributed by atoms with Gasteiger partial charge in [0.2, 0.25) is 5.91 Å². The Bertz CT molecular complexity index is 880. The van der Waals surface area contributed by atoms with Crippen LogP contribution in [-0.2, 0) is 4.79 Å². The van der Waals surface area contributed by atoms with Crippen molar-refractivity contribution in [3.63, 3.8) is 0 Å². The minimum atomic E-state index is -0.441. The lowest BCUT2D eigenvalue weighted by Crippen LogP contribution is -2.22. The topological polar surface area (TPSA) is 55.1 Å². The van der Waals surface area contributed by atoms with Crippen LogP contribution in [0.2, 0.25) is 15.1 Å². The Kier molecular flexibility index (Phi) is 5.25. The summed E-state index contributed by atoms with van der Waals surface area (Å²) in [7, 11) is 0. The third-order valence-corrected chi connectivity index (χ3v) is 5.17. The molecule has 0 saturated heterocycles. The third-order valence-electron chi connectivity index (χ3n) is 3.19. The van der Waals surface area contributed by atoms with Gasteiger partial charge in [0.15, 0.2) is 5.58 Å². The van der Waals surface area contributed by atoms with Crippen molar-refractivity contribution in [2.24, 2.45) is 0 Å². The van der Waals surface area contributed by atoms with E-state index in [0.29, 0.717) is 31.6 Å². The first kappa shape index (κ1) is 17.4. The number of carbonyl (C=O) groups is 1. The second-order valence-electron chi connectivity index (χ2n) is 4.94. The number of amides is 1. The Morgan fingerprint density at radius 2 is 1.88 bits per heavy atom.